The van der Waals surface area contributed by atoms with E-state index in [1.165, 1.54) is 12.8 Å². The first-order valence-electron chi connectivity index (χ1n) is 3.18. The van der Waals surface area contributed by atoms with Gasteiger partial charge in [0.25, 0.3) is 0 Å². The highest BCUT2D eigenvalue weighted by Crippen LogP contribution is 2.12. The van der Waals surface area contributed by atoms with Gasteiger partial charge in [-0.3, -0.25) is 4.90 Å². The van der Waals surface area contributed by atoms with Crippen LogP contribution in [0.4, 0.5) is 0 Å². The van der Waals surface area contributed by atoms with Crippen molar-refractivity contribution in [3.05, 3.63) is 0 Å². The third kappa shape index (κ3) is 1.66. The van der Waals surface area contributed by atoms with E-state index in [1.807, 2.05) is 4.90 Å². The van der Waals surface area contributed by atoms with Crippen molar-refractivity contribution in [2.24, 2.45) is 0 Å². The van der Waals surface area contributed by atoms with Crippen molar-refractivity contribution in [2.75, 3.05) is 13.1 Å². The molecule has 0 spiro atoms. The molecule has 0 N–H and O–H groups in total. The molecular formula is C6H10ClNO. The molecule has 1 rings (SSSR count). The fourth-order valence-corrected chi connectivity index (χ4v) is 1.27. The van der Waals surface area contributed by atoms with Crippen LogP contribution in [0, 0.1) is 0 Å². The molecule has 1 aliphatic rings. The number of hydrogen-bond acceptors (Lipinski definition) is 2. The Morgan fingerprint density at radius 1 is 1.44 bits per heavy atom. The summed E-state index contributed by atoms with van der Waals surface area (Å²) in [6.45, 7) is 1.96. The van der Waals surface area contributed by atoms with Gasteiger partial charge in [-0.25, -0.2) is 0 Å². The summed E-state index contributed by atoms with van der Waals surface area (Å²) >= 11 is 5.63. The van der Waals surface area contributed by atoms with Gasteiger partial charge in [0.05, 0.1) is 0 Å². The van der Waals surface area contributed by atoms with E-state index in [9.17, 15) is 4.79 Å². The Balaban J connectivity index is 2.32. The van der Waals surface area contributed by atoms with E-state index in [0.717, 1.165) is 19.4 Å². The Morgan fingerprint density at radius 2 is 2.00 bits per heavy atom. The van der Waals surface area contributed by atoms with Gasteiger partial charge in [-0.15, -0.1) is 0 Å². The molecule has 0 aliphatic carbocycles. The zero-order chi connectivity index (χ0) is 6.69. The van der Waals surface area contributed by atoms with Crippen LogP contribution in [0.1, 0.15) is 12.8 Å². The van der Waals surface area contributed by atoms with Crippen LogP contribution in [0.25, 0.3) is 0 Å². The third-order valence-electron chi connectivity index (χ3n) is 1.60. The van der Waals surface area contributed by atoms with Gasteiger partial charge < -0.3 is 4.79 Å². The molecule has 1 fully saturated rings. The van der Waals surface area contributed by atoms with E-state index in [2.05, 4.69) is 0 Å². The predicted octanol–water partition coefficient (Wildman–Crippen LogP) is 0.846. The van der Waals surface area contributed by atoms with Crippen LogP contribution < -0.4 is 0 Å². The molecule has 0 amide bonds. The van der Waals surface area contributed by atoms with Gasteiger partial charge in [-0.1, -0.05) is 11.6 Å². The Bertz CT molecular complexity index is 101. The van der Waals surface area contributed by atoms with Gasteiger partial charge in [0, 0.05) is 0 Å². The first kappa shape index (κ1) is 7.03. The summed E-state index contributed by atoms with van der Waals surface area (Å²) in [5.41, 5.74) is -0.382. The zero-order valence-electron chi connectivity index (χ0n) is 5.22. The smallest absolute Gasteiger partial charge is 0.152 e. The van der Waals surface area contributed by atoms with Crippen LogP contribution in [0.3, 0.4) is 0 Å². The summed E-state index contributed by atoms with van der Waals surface area (Å²) in [6.07, 6.45) is 3.14. The van der Waals surface area contributed by atoms with Gasteiger partial charge in [-0.2, -0.15) is 0 Å². The lowest BCUT2D eigenvalue weighted by Crippen LogP contribution is -2.28. The molecule has 1 aliphatic heterocycles. The van der Waals surface area contributed by atoms with Crippen LogP contribution in [0.5, 0.6) is 0 Å². The zero-order valence-corrected chi connectivity index (χ0v) is 5.97. The van der Waals surface area contributed by atoms with Crippen molar-refractivity contribution in [3.8, 4) is 0 Å². The van der Waals surface area contributed by atoms with Crippen molar-refractivity contribution < 1.29 is 4.79 Å². The lowest BCUT2D eigenvalue weighted by atomic mass is 10.4. The summed E-state index contributed by atoms with van der Waals surface area (Å²) < 4.78 is 0. The highest BCUT2D eigenvalue weighted by molar-refractivity contribution is 6.27. The molecular weight excluding hydrogens is 138 g/mol. The van der Waals surface area contributed by atoms with E-state index in [1.54, 1.807) is 0 Å². The summed E-state index contributed by atoms with van der Waals surface area (Å²) in [4.78, 5) is 12.1. The SMILES string of the molecule is O=C[C@H](Cl)N1CCCC1. The molecule has 52 valence electrons. The van der Waals surface area contributed by atoms with Crippen molar-refractivity contribution in [1.82, 2.24) is 4.90 Å². The normalized spacial score (nSPS) is 24.1. The van der Waals surface area contributed by atoms with Gasteiger partial charge in [0.1, 0.15) is 5.50 Å². The number of rotatable bonds is 2. The monoisotopic (exact) mass is 147 g/mol. The van der Waals surface area contributed by atoms with Crippen LogP contribution >= 0.6 is 11.6 Å². The summed E-state index contributed by atoms with van der Waals surface area (Å²) in [6, 6.07) is 0. The molecule has 2 nitrogen and oxygen atoms in total. The second-order valence-corrected chi connectivity index (χ2v) is 2.70. The van der Waals surface area contributed by atoms with Gasteiger partial charge >= 0.3 is 0 Å². The largest absolute Gasteiger partial charge is 0.300 e. The summed E-state index contributed by atoms with van der Waals surface area (Å²) in [7, 11) is 0. The number of carbonyl (C=O) groups excluding carboxylic acids is 1. The number of carbonyl (C=O) groups is 1. The number of halogens is 1. The topological polar surface area (TPSA) is 20.3 Å². The second kappa shape index (κ2) is 3.18. The first-order valence-corrected chi connectivity index (χ1v) is 3.61. The van der Waals surface area contributed by atoms with E-state index < -0.39 is 0 Å². The maximum absolute atomic E-state index is 10.1. The average Bonchev–Trinajstić information content (AvgIpc) is 2.37. The van der Waals surface area contributed by atoms with Crippen molar-refractivity contribution >= 4 is 17.9 Å². The van der Waals surface area contributed by atoms with Gasteiger partial charge in [-0.05, 0) is 25.9 Å². The maximum Gasteiger partial charge on any atom is 0.152 e. The fraction of sp³-hybridized carbons (Fsp3) is 0.833. The molecule has 0 saturated carbocycles. The van der Waals surface area contributed by atoms with Crippen molar-refractivity contribution in [3.63, 3.8) is 0 Å². The number of alkyl halides is 1. The molecule has 1 heterocycles. The minimum atomic E-state index is -0.382. The highest BCUT2D eigenvalue weighted by Gasteiger charge is 2.18. The molecule has 3 heteroatoms. The summed E-state index contributed by atoms with van der Waals surface area (Å²) in [5.74, 6) is 0. The van der Waals surface area contributed by atoms with E-state index in [4.69, 9.17) is 11.6 Å². The minimum Gasteiger partial charge on any atom is -0.300 e. The predicted molar refractivity (Wildman–Crippen MR) is 36.5 cm³/mol. The average molecular weight is 148 g/mol. The summed E-state index contributed by atoms with van der Waals surface area (Å²) in [5, 5.41) is 0. The molecule has 1 atom stereocenters. The molecule has 0 unspecified atom stereocenters. The third-order valence-corrected chi connectivity index (χ3v) is 1.98. The molecule has 0 radical (unpaired) electrons. The Hall–Kier alpha value is -0.0800. The standard InChI is InChI=1S/C6H10ClNO/c7-6(5-9)8-3-1-2-4-8/h5-6H,1-4H2/t6-/m1/s1. The quantitative estimate of drug-likeness (QED) is 0.328. The molecule has 9 heavy (non-hydrogen) atoms. The van der Waals surface area contributed by atoms with Crippen LogP contribution in [-0.2, 0) is 4.79 Å². The lowest BCUT2D eigenvalue weighted by molar-refractivity contribution is -0.109. The molecule has 0 aromatic rings. The van der Waals surface area contributed by atoms with E-state index >= 15 is 0 Å². The number of nitrogens with zero attached hydrogens (tertiary/aromatic N) is 1. The Morgan fingerprint density at radius 3 is 2.44 bits per heavy atom. The van der Waals surface area contributed by atoms with Crippen LogP contribution in [0.2, 0.25) is 0 Å². The molecule has 0 aromatic heterocycles. The van der Waals surface area contributed by atoms with Crippen LogP contribution in [0.15, 0.2) is 0 Å². The van der Waals surface area contributed by atoms with Gasteiger partial charge in [0.2, 0.25) is 0 Å². The fourth-order valence-electron chi connectivity index (χ4n) is 1.07. The number of hydrogen-bond donors (Lipinski definition) is 0. The molecule has 0 aromatic carbocycles. The Kier molecular flexibility index (Phi) is 2.49. The van der Waals surface area contributed by atoms with Crippen LogP contribution in [-0.4, -0.2) is 29.8 Å². The second-order valence-electron chi connectivity index (χ2n) is 2.25. The number of likely N-dealkylation sites (tertiary alicyclic amines) is 1. The van der Waals surface area contributed by atoms with Crippen molar-refractivity contribution in [1.29, 1.82) is 0 Å². The lowest BCUT2D eigenvalue weighted by Gasteiger charge is -2.14. The molecule has 1 saturated heterocycles. The Labute approximate surface area is 59.8 Å². The molecule has 0 bridgehead atoms. The maximum atomic E-state index is 10.1. The first-order chi connectivity index (χ1) is 4.34. The van der Waals surface area contributed by atoms with E-state index in [-0.39, 0.29) is 5.50 Å². The van der Waals surface area contributed by atoms with Gasteiger partial charge in [0.15, 0.2) is 6.29 Å². The van der Waals surface area contributed by atoms with E-state index in [0.29, 0.717) is 0 Å². The van der Waals surface area contributed by atoms with Crippen molar-refractivity contribution in [2.45, 2.75) is 18.3 Å². The highest BCUT2D eigenvalue weighted by atomic mass is 35.5. The minimum absolute atomic E-state index is 0.382. The number of aldehydes is 1.